The van der Waals surface area contributed by atoms with Crippen LogP contribution in [0.25, 0.3) is 0 Å². The maximum atomic E-state index is 3.29. The van der Waals surface area contributed by atoms with Gasteiger partial charge in [-0.25, -0.2) is 22.3 Å². The summed E-state index contributed by atoms with van der Waals surface area (Å²) in [5, 5.41) is 0. The Morgan fingerprint density at radius 3 is 1.15 bits per heavy atom. The van der Waals surface area contributed by atoms with E-state index in [1.807, 2.05) is 0 Å². The summed E-state index contributed by atoms with van der Waals surface area (Å²) in [4.78, 5) is 0. The molecule has 2 unspecified atom stereocenters. The van der Waals surface area contributed by atoms with E-state index in [0.29, 0.717) is 11.8 Å². The van der Waals surface area contributed by atoms with Crippen molar-refractivity contribution in [3.8, 4) is 0 Å². The third-order valence-corrected chi connectivity index (χ3v) is 3.07. The molecule has 0 heterocycles. The molecular formula is C18H28SiTi. The van der Waals surface area contributed by atoms with Gasteiger partial charge in [-0.15, -0.1) is 13.8 Å². The Kier molecular flexibility index (Phi) is 9.71. The minimum absolute atomic E-state index is 0.120. The SMILES string of the molecule is CC1=[C-]C(C)C=C1C.CC1=[C-]C(C)C=C1C.C[Si](C)=[Ti+2]. The van der Waals surface area contributed by atoms with Gasteiger partial charge in [0.15, 0.2) is 0 Å². The average Bonchev–Trinajstić information content (AvgIpc) is 2.70. The predicted molar refractivity (Wildman–Crippen MR) is 88.2 cm³/mol. The molecule has 0 aromatic rings. The second-order valence-corrected chi connectivity index (χ2v) is 12.5. The molecule has 2 atom stereocenters. The van der Waals surface area contributed by atoms with Crippen LogP contribution in [0.15, 0.2) is 34.4 Å². The number of allylic oxidation sites excluding steroid dienone is 8. The van der Waals surface area contributed by atoms with Crippen molar-refractivity contribution in [1.29, 1.82) is 0 Å². The molecule has 20 heavy (non-hydrogen) atoms. The number of hydrogen-bond donors (Lipinski definition) is 0. The van der Waals surface area contributed by atoms with Gasteiger partial charge >= 0.3 is 38.5 Å². The predicted octanol–water partition coefficient (Wildman–Crippen LogP) is 5.45. The molecule has 0 saturated heterocycles. The summed E-state index contributed by atoms with van der Waals surface area (Å²) < 4.78 is 0. The second-order valence-electron chi connectivity index (χ2n) is 5.82. The monoisotopic (exact) mass is 320 g/mol. The maximum absolute atomic E-state index is 3.29. The Labute approximate surface area is 138 Å². The molecule has 0 bridgehead atoms. The molecule has 0 amide bonds. The summed E-state index contributed by atoms with van der Waals surface area (Å²) >= 11 is 2.27. The summed E-state index contributed by atoms with van der Waals surface area (Å²) in [5.41, 5.74) is 5.41. The van der Waals surface area contributed by atoms with E-state index in [-0.39, 0.29) is 6.19 Å². The van der Waals surface area contributed by atoms with Crippen LogP contribution in [0.3, 0.4) is 0 Å². The van der Waals surface area contributed by atoms with Crippen molar-refractivity contribution in [3.05, 3.63) is 46.6 Å². The van der Waals surface area contributed by atoms with Crippen LogP contribution >= 0.6 is 0 Å². The van der Waals surface area contributed by atoms with Gasteiger partial charge in [-0.1, -0.05) is 39.5 Å². The van der Waals surface area contributed by atoms with Crippen molar-refractivity contribution < 1.29 is 19.2 Å². The molecule has 0 aromatic carbocycles. The summed E-state index contributed by atoms with van der Waals surface area (Å²) in [6.07, 6.45) is 11.2. The van der Waals surface area contributed by atoms with E-state index >= 15 is 0 Å². The molecule has 0 nitrogen and oxygen atoms in total. The van der Waals surface area contributed by atoms with E-state index in [2.05, 4.69) is 98.1 Å². The van der Waals surface area contributed by atoms with Crippen LogP contribution in [0, 0.1) is 24.0 Å². The van der Waals surface area contributed by atoms with Crippen LogP contribution in [0.4, 0.5) is 0 Å². The van der Waals surface area contributed by atoms with Crippen molar-refractivity contribution in [3.63, 3.8) is 0 Å². The molecule has 0 radical (unpaired) electrons. The first-order valence-corrected chi connectivity index (χ1v) is 12.1. The normalized spacial score (nSPS) is 23.5. The van der Waals surface area contributed by atoms with Gasteiger partial charge in [-0.2, -0.15) is 12.2 Å². The average molecular weight is 320 g/mol. The Balaban J connectivity index is 0.000000289. The number of rotatable bonds is 0. The molecule has 108 valence electrons. The zero-order chi connectivity index (χ0) is 15.9. The molecular weight excluding hydrogens is 292 g/mol. The fraction of sp³-hybridized carbons (Fsp3) is 0.556. The second kappa shape index (κ2) is 9.76. The van der Waals surface area contributed by atoms with Gasteiger partial charge in [0.05, 0.1) is 0 Å². The van der Waals surface area contributed by atoms with Crippen LogP contribution in [-0.4, -0.2) is 6.19 Å². The first kappa shape index (κ1) is 19.9. The van der Waals surface area contributed by atoms with Crippen LogP contribution in [-0.2, 0) is 19.2 Å². The van der Waals surface area contributed by atoms with Gasteiger partial charge in [0.2, 0.25) is 0 Å². The van der Waals surface area contributed by atoms with Gasteiger partial charge in [-0.3, -0.25) is 12.2 Å². The molecule has 2 rings (SSSR count). The standard InChI is InChI=1S/2C8H11.C2H6Si.Ti/c2*1-6-4-7(2)8(3)5-6;1-3-2;/h2*4,6H,1-3H3;1-2H3;/q2*-1;;+2. The fourth-order valence-electron chi connectivity index (χ4n) is 1.99. The first-order valence-electron chi connectivity index (χ1n) is 7.23. The van der Waals surface area contributed by atoms with E-state index in [1.165, 1.54) is 22.3 Å². The van der Waals surface area contributed by atoms with Crippen molar-refractivity contribution in [2.75, 3.05) is 0 Å². The summed E-state index contributed by atoms with van der Waals surface area (Å²) in [7, 11) is 0. The molecule has 0 N–H and O–H groups in total. The van der Waals surface area contributed by atoms with Crippen molar-refractivity contribution in [1.82, 2.24) is 0 Å². The molecule has 2 aliphatic rings. The van der Waals surface area contributed by atoms with E-state index in [1.54, 1.807) is 0 Å². The van der Waals surface area contributed by atoms with Crippen molar-refractivity contribution in [2.24, 2.45) is 11.8 Å². The molecule has 0 saturated carbocycles. The molecule has 0 spiro atoms. The fourth-order valence-corrected chi connectivity index (χ4v) is 1.99. The molecule has 0 fully saturated rings. The Morgan fingerprint density at radius 1 is 0.850 bits per heavy atom. The van der Waals surface area contributed by atoms with Gasteiger partial charge in [0.25, 0.3) is 0 Å². The zero-order valence-corrected chi connectivity index (χ0v) is 16.9. The molecule has 0 aromatic heterocycles. The Hall–Kier alpha value is -0.109. The van der Waals surface area contributed by atoms with Crippen molar-refractivity contribution >= 4 is 6.19 Å². The van der Waals surface area contributed by atoms with Crippen LogP contribution in [0.5, 0.6) is 0 Å². The Bertz CT molecular complexity index is 386. The van der Waals surface area contributed by atoms with Crippen LogP contribution < -0.4 is 0 Å². The van der Waals surface area contributed by atoms with E-state index in [9.17, 15) is 0 Å². The number of hydrogen-bond acceptors (Lipinski definition) is 0. The summed E-state index contributed by atoms with van der Waals surface area (Å²) in [6.45, 7) is 17.3. The van der Waals surface area contributed by atoms with E-state index in [4.69, 9.17) is 0 Å². The van der Waals surface area contributed by atoms with Crippen LogP contribution in [0.2, 0.25) is 13.1 Å². The minimum atomic E-state index is 0.120. The van der Waals surface area contributed by atoms with Gasteiger partial charge in [0.1, 0.15) is 0 Å². The van der Waals surface area contributed by atoms with Gasteiger partial charge in [-0.05, 0) is 0 Å². The zero-order valence-electron chi connectivity index (χ0n) is 14.3. The van der Waals surface area contributed by atoms with Crippen LogP contribution in [0.1, 0.15) is 41.5 Å². The van der Waals surface area contributed by atoms with Crippen molar-refractivity contribution in [2.45, 2.75) is 54.6 Å². The van der Waals surface area contributed by atoms with Gasteiger partial charge < -0.3 is 0 Å². The topological polar surface area (TPSA) is 0 Å². The first-order chi connectivity index (χ1) is 9.13. The molecule has 2 heteroatoms. The van der Waals surface area contributed by atoms with E-state index in [0.717, 1.165) is 0 Å². The van der Waals surface area contributed by atoms with E-state index < -0.39 is 0 Å². The third kappa shape index (κ3) is 8.94. The summed E-state index contributed by atoms with van der Waals surface area (Å²) in [5.74, 6) is 1.10. The summed E-state index contributed by atoms with van der Waals surface area (Å²) in [6, 6.07) is 0. The molecule has 2 aliphatic carbocycles. The van der Waals surface area contributed by atoms with Gasteiger partial charge in [0, 0.05) is 0 Å². The molecule has 0 aliphatic heterocycles. The third-order valence-electron chi connectivity index (χ3n) is 3.07. The Morgan fingerprint density at radius 2 is 1.10 bits per heavy atom. The quantitative estimate of drug-likeness (QED) is 0.411.